The average Bonchev–Trinajstić information content (AvgIpc) is 1.80. The van der Waals surface area contributed by atoms with E-state index in [1.165, 1.54) is 12.1 Å². The molecule has 0 aliphatic carbocycles. The Balaban J connectivity index is 0.000000810. The van der Waals surface area contributed by atoms with Gasteiger partial charge in [-0.05, 0) is 18.2 Å². The maximum atomic E-state index is 8.85. The fourth-order valence-electron chi connectivity index (χ4n) is 0.481. The van der Waals surface area contributed by atoms with Gasteiger partial charge in [-0.2, -0.15) is 0 Å². The Labute approximate surface area is 85.1 Å². The van der Waals surface area contributed by atoms with Gasteiger partial charge in [-0.25, -0.2) is 0 Å². The number of benzene rings is 1. The fraction of sp³-hybridized carbons (Fsp3) is 0. The molecule has 1 nitrogen and oxygen atoms in total. The van der Waals surface area contributed by atoms with Crippen molar-refractivity contribution >= 4 is 46.3 Å². The monoisotopic (exact) mass is 188 g/mol. The molecule has 0 spiro atoms. The van der Waals surface area contributed by atoms with E-state index in [1.807, 2.05) is 0 Å². The molecule has 0 amide bonds. The zero-order valence-corrected chi connectivity index (χ0v) is 5.95. The first-order valence-electron chi connectivity index (χ1n) is 2.34. The van der Waals surface area contributed by atoms with E-state index < -0.39 is 0 Å². The second-order valence-electron chi connectivity index (χ2n) is 1.60. The Bertz CT molecular complexity index is 227. The number of phenols is 1. The van der Waals surface area contributed by atoms with E-state index in [2.05, 4.69) is 0 Å². The van der Waals surface area contributed by atoms with E-state index in [4.69, 9.17) is 28.3 Å². The highest BCUT2D eigenvalue weighted by atomic mass is 35.5. The molecule has 0 saturated carbocycles. The van der Waals surface area contributed by atoms with Crippen LogP contribution in [0, 0.1) is 0 Å². The fourth-order valence-corrected chi connectivity index (χ4v) is 0.890. The number of hydrogen-bond donors (Lipinski definition) is 1. The molecule has 0 atom stereocenters. The van der Waals surface area contributed by atoms with Crippen molar-refractivity contribution in [3.05, 3.63) is 28.2 Å². The maximum absolute atomic E-state index is 8.85. The zero-order chi connectivity index (χ0) is 6.85. The minimum absolute atomic E-state index is 0. The number of phenolic OH excluding ortho intramolecular Hbond substituents is 1. The van der Waals surface area contributed by atoms with Gasteiger partial charge in [0.2, 0.25) is 0 Å². The number of halogens is 2. The predicted molar refractivity (Wildman–Crippen MR) is 46.7 cm³/mol. The molecule has 0 radical (unpaired) electrons. The van der Waals surface area contributed by atoms with Crippen LogP contribution in [0.3, 0.4) is 0 Å². The first kappa shape index (κ1) is 10.4. The van der Waals surface area contributed by atoms with Crippen LogP contribution in [-0.2, 0) is 0 Å². The highest BCUT2D eigenvalue weighted by Crippen LogP contribution is 2.25. The van der Waals surface area contributed by atoms with Crippen LogP contribution in [0.5, 0.6) is 5.75 Å². The Morgan fingerprint density at radius 2 is 1.80 bits per heavy atom. The zero-order valence-electron chi connectivity index (χ0n) is 4.44. The van der Waals surface area contributed by atoms with E-state index in [-0.39, 0.29) is 33.8 Å². The van der Waals surface area contributed by atoms with Crippen molar-refractivity contribution in [2.24, 2.45) is 0 Å². The molecule has 1 rings (SSSR count). The van der Waals surface area contributed by atoms with Crippen LogP contribution >= 0.6 is 23.2 Å². The third-order valence-corrected chi connectivity index (χ3v) is 1.45. The maximum Gasteiger partial charge on any atom is 0.316 e. The van der Waals surface area contributed by atoms with Crippen LogP contribution < -0.4 is 0 Å². The van der Waals surface area contributed by atoms with Crippen molar-refractivity contribution in [1.29, 1.82) is 0 Å². The molecule has 52 valence electrons. The summed E-state index contributed by atoms with van der Waals surface area (Å²) in [4.78, 5) is 0. The van der Waals surface area contributed by atoms with Gasteiger partial charge in [-0.3, -0.25) is 0 Å². The minimum Gasteiger partial charge on any atom is -0.506 e. The number of rotatable bonds is 0. The lowest BCUT2D eigenvalue weighted by molar-refractivity contribution is 0.475. The lowest BCUT2D eigenvalue weighted by atomic mass is 10.3. The molecule has 0 unspecified atom stereocenters. The normalized spacial score (nSPS) is 8.60. The lowest BCUT2D eigenvalue weighted by Crippen LogP contribution is -1.66. The van der Waals surface area contributed by atoms with Gasteiger partial charge >= 0.3 is 23.1 Å². The predicted octanol–water partition coefficient (Wildman–Crippen LogP) is 1.78. The van der Waals surface area contributed by atoms with Crippen molar-refractivity contribution < 1.29 is 5.11 Å². The Hall–Kier alpha value is 0.366. The average molecular weight is 189 g/mol. The second-order valence-corrected chi connectivity index (χ2v) is 2.44. The lowest BCUT2D eigenvalue weighted by Gasteiger charge is -1.93. The summed E-state index contributed by atoms with van der Waals surface area (Å²) in [5.41, 5.74) is 0. The third kappa shape index (κ3) is 2.54. The molecule has 0 fully saturated rings. The Kier molecular flexibility index (Phi) is 4.44. The summed E-state index contributed by atoms with van der Waals surface area (Å²) in [5.74, 6) is 0.0565. The van der Waals surface area contributed by atoms with E-state index >= 15 is 0 Å². The molecule has 0 saturated heterocycles. The molecular weight excluding hydrogens is 183 g/mol. The standard InChI is InChI=1S/C6H4Cl2O.Mg.2H/c7-4-1-2-6(9)5(8)3-4;;;/h1-3,9H;;;. The van der Waals surface area contributed by atoms with Crippen LogP contribution in [0.25, 0.3) is 0 Å². The summed E-state index contributed by atoms with van der Waals surface area (Å²) in [7, 11) is 0. The Morgan fingerprint density at radius 1 is 1.20 bits per heavy atom. The SMILES string of the molecule is Oc1ccc(Cl)cc1Cl.[MgH2]. The van der Waals surface area contributed by atoms with E-state index in [0.717, 1.165) is 0 Å². The van der Waals surface area contributed by atoms with Gasteiger partial charge in [-0.15, -0.1) is 0 Å². The van der Waals surface area contributed by atoms with Gasteiger partial charge in [0.15, 0.2) is 0 Å². The molecule has 0 bridgehead atoms. The van der Waals surface area contributed by atoms with E-state index in [0.29, 0.717) is 5.02 Å². The van der Waals surface area contributed by atoms with Gasteiger partial charge in [0.05, 0.1) is 5.02 Å². The van der Waals surface area contributed by atoms with Gasteiger partial charge in [0.25, 0.3) is 0 Å². The third-order valence-electron chi connectivity index (χ3n) is 0.910. The molecule has 0 heterocycles. The van der Waals surface area contributed by atoms with Crippen molar-refractivity contribution in [2.45, 2.75) is 0 Å². The van der Waals surface area contributed by atoms with E-state index in [9.17, 15) is 0 Å². The first-order valence-corrected chi connectivity index (χ1v) is 3.10. The highest BCUT2D eigenvalue weighted by molar-refractivity contribution is 6.35. The summed E-state index contributed by atoms with van der Waals surface area (Å²) >= 11 is 11.0. The smallest absolute Gasteiger partial charge is 0.316 e. The first-order chi connectivity index (χ1) is 4.20. The second kappa shape index (κ2) is 4.29. The summed E-state index contributed by atoms with van der Waals surface area (Å²) in [6.07, 6.45) is 0. The number of aromatic hydroxyl groups is 1. The van der Waals surface area contributed by atoms with Gasteiger partial charge in [-0.1, -0.05) is 23.2 Å². The van der Waals surface area contributed by atoms with Gasteiger partial charge in [0, 0.05) is 5.02 Å². The summed E-state index contributed by atoms with van der Waals surface area (Å²) in [5, 5.41) is 9.66. The summed E-state index contributed by atoms with van der Waals surface area (Å²) in [6, 6.07) is 4.51. The quantitative estimate of drug-likeness (QED) is 0.617. The van der Waals surface area contributed by atoms with Crippen LogP contribution in [-0.4, -0.2) is 28.2 Å². The van der Waals surface area contributed by atoms with Gasteiger partial charge < -0.3 is 5.11 Å². The van der Waals surface area contributed by atoms with Crippen LogP contribution in [0.2, 0.25) is 10.0 Å². The molecule has 0 aliphatic rings. The minimum atomic E-state index is 0. The molecule has 1 aromatic rings. The van der Waals surface area contributed by atoms with Crippen LogP contribution in [0.15, 0.2) is 18.2 Å². The van der Waals surface area contributed by atoms with Crippen molar-refractivity contribution in [1.82, 2.24) is 0 Å². The van der Waals surface area contributed by atoms with Crippen molar-refractivity contribution in [2.75, 3.05) is 0 Å². The van der Waals surface area contributed by atoms with Crippen molar-refractivity contribution in [3.8, 4) is 5.75 Å². The molecule has 0 aromatic heterocycles. The molecule has 1 N–H and O–H groups in total. The Morgan fingerprint density at radius 3 is 2.20 bits per heavy atom. The topological polar surface area (TPSA) is 20.2 Å². The van der Waals surface area contributed by atoms with Crippen LogP contribution in [0.4, 0.5) is 0 Å². The summed E-state index contributed by atoms with van der Waals surface area (Å²) in [6.45, 7) is 0. The largest absolute Gasteiger partial charge is 0.506 e. The molecule has 4 heteroatoms. The highest BCUT2D eigenvalue weighted by Gasteiger charge is 1.95. The molecule has 0 aliphatic heterocycles. The molecular formula is C6H6Cl2MgO. The van der Waals surface area contributed by atoms with Crippen molar-refractivity contribution in [3.63, 3.8) is 0 Å². The molecule has 1 aromatic carbocycles. The van der Waals surface area contributed by atoms with Crippen LogP contribution in [0.1, 0.15) is 0 Å². The molecule has 10 heavy (non-hydrogen) atoms. The van der Waals surface area contributed by atoms with Gasteiger partial charge in [0.1, 0.15) is 5.75 Å². The van der Waals surface area contributed by atoms with E-state index in [1.54, 1.807) is 6.07 Å². The summed E-state index contributed by atoms with van der Waals surface area (Å²) < 4.78 is 0. The number of hydrogen-bond acceptors (Lipinski definition) is 1.